The Balaban J connectivity index is 1.42. The molecule has 2 aromatic carbocycles. The standard InChI is InChI=1S/C23H24F2N2O3S2/c1-29-16-6-8-18(9-7-16)31-11-3-5-21(28)27(14-17-4-2-10-30-17)23-26-22-19(25)12-15(24)13-20(22)32-23/h6-9,12-13,17H,2-5,10-11,14H2,1H3. The molecule has 1 aliphatic rings. The summed E-state index contributed by atoms with van der Waals surface area (Å²) in [6.07, 6.45) is 2.77. The number of thioether (sulfide) groups is 1. The van der Waals surface area contributed by atoms with Crippen LogP contribution in [0.4, 0.5) is 13.9 Å². The van der Waals surface area contributed by atoms with E-state index in [9.17, 15) is 13.6 Å². The van der Waals surface area contributed by atoms with Gasteiger partial charge in [0.2, 0.25) is 5.91 Å². The van der Waals surface area contributed by atoms with Crippen molar-refractivity contribution in [3.05, 3.63) is 48.0 Å². The van der Waals surface area contributed by atoms with E-state index in [2.05, 4.69) is 4.98 Å². The lowest BCUT2D eigenvalue weighted by Crippen LogP contribution is -2.37. The predicted molar refractivity (Wildman–Crippen MR) is 124 cm³/mol. The van der Waals surface area contributed by atoms with Crippen LogP contribution in [0.1, 0.15) is 25.7 Å². The van der Waals surface area contributed by atoms with Gasteiger partial charge in [-0.3, -0.25) is 9.69 Å². The Bertz CT molecular complexity index is 1070. The molecule has 0 N–H and O–H groups in total. The third-order valence-electron chi connectivity index (χ3n) is 5.21. The number of thiazole rings is 1. The maximum atomic E-state index is 14.2. The first-order valence-electron chi connectivity index (χ1n) is 10.5. The van der Waals surface area contributed by atoms with Gasteiger partial charge in [0.15, 0.2) is 10.9 Å². The third-order valence-corrected chi connectivity index (χ3v) is 7.33. The number of nitrogens with zero attached hydrogens (tertiary/aromatic N) is 2. The Hall–Kier alpha value is -2.23. The number of benzene rings is 2. The largest absolute Gasteiger partial charge is 0.497 e. The van der Waals surface area contributed by atoms with Gasteiger partial charge in [-0.2, -0.15) is 0 Å². The first kappa shape index (κ1) is 22.9. The molecule has 0 radical (unpaired) electrons. The number of rotatable bonds is 9. The van der Waals surface area contributed by atoms with E-state index in [4.69, 9.17) is 9.47 Å². The summed E-state index contributed by atoms with van der Waals surface area (Å²) in [5.41, 5.74) is 0.0894. The van der Waals surface area contributed by atoms with Gasteiger partial charge in [0, 0.05) is 24.0 Å². The number of carbonyl (C=O) groups is 1. The van der Waals surface area contributed by atoms with Crippen LogP contribution in [0.5, 0.6) is 5.75 Å². The zero-order valence-corrected chi connectivity index (χ0v) is 19.3. The summed E-state index contributed by atoms with van der Waals surface area (Å²) in [5.74, 6) is 0.129. The van der Waals surface area contributed by atoms with E-state index in [1.165, 1.54) is 6.07 Å². The van der Waals surface area contributed by atoms with Gasteiger partial charge in [0.05, 0.1) is 24.5 Å². The zero-order valence-electron chi connectivity index (χ0n) is 17.7. The maximum absolute atomic E-state index is 14.2. The molecule has 0 saturated carbocycles. The lowest BCUT2D eigenvalue weighted by Gasteiger charge is -2.23. The van der Waals surface area contributed by atoms with E-state index in [-0.39, 0.29) is 17.5 Å². The van der Waals surface area contributed by atoms with E-state index in [1.54, 1.807) is 23.8 Å². The molecule has 0 aliphatic carbocycles. The lowest BCUT2D eigenvalue weighted by atomic mass is 10.2. The minimum Gasteiger partial charge on any atom is -0.497 e. The van der Waals surface area contributed by atoms with Gasteiger partial charge in [0.25, 0.3) is 0 Å². The highest BCUT2D eigenvalue weighted by atomic mass is 32.2. The second kappa shape index (κ2) is 10.6. The van der Waals surface area contributed by atoms with Crippen molar-refractivity contribution in [3.63, 3.8) is 0 Å². The lowest BCUT2D eigenvalue weighted by molar-refractivity contribution is -0.119. The van der Waals surface area contributed by atoms with Crippen LogP contribution in [-0.4, -0.2) is 43.0 Å². The van der Waals surface area contributed by atoms with Gasteiger partial charge in [-0.05, 0) is 55.3 Å². The van der Waals surface area contributed by atoms with E-state index < -0.39 is 11.6 Å². The van der Waals surface area contributed by atoms with Crippen LogP contribution in [0.25, 0.3) is 10.2 Å². The van der Waals surface area contributed by atoms with Crippen LogP contribution >= 0.6 is 23.1 Å². The Morgan fingerprint density at radius 3 is 2.84 bits per heavy atom. The van der Waals surface area contributed by atoms with Gasteiger partial charge >= 0.3 is 0 Å². The normalized spacial score (nSPS) is 15.9. The number of halogens is 2. The molecule has 2 heterocycles. The molecule has 9 heteroatoms. The summed E-state index contributed by atoms with van der Waals surface area (Å²) in [6, 6.07) is 9.86. The number of aromatic nitrogens is 1. The van der Waals surface area contributed by atoms with Gasteiger partial charge in [-0.1, -0.05) is 11.3 Å². The van der Waals surface area contributed by atoms with Crippen molar-refractivity contribution in [3.8, 4) is 5.75 Å². The van der Waals surface area contributed by atoms with Crippen LogP contribution in [0, 0.1) is 11.6 Å². The highest BCUT2D eigenvalue weighted by Crippen LogP contribution is 2.32. The zero-order chi connectivity index (χ0) is 22.5. The third kappa shape index (κ3) is 5.57. The first-order chi connectivity index (χ1) is 15.5. The molecule has 1 saturated heterocycles. The molecule has 1 atom stereocenters. The summed E-state index contributed by atoms with van der Waals surface area (Å²) < 4.78 is 39.0. The van der Waals surface area contributed by atoms with Crippen molar-refractivity contribution in [1.82, 2.24) is 4.98 Å². The summed E-state index contributed by atoms with van der Waals surface area (Å²) in [6.45, 7) is 1.04. The molecule has 1 amide bonds. The van der Waals surface area contributed by atoms with E-state index in [0.717, 1.165) is 46.6 Å². The van der Waals surface area contributed by atoms with Gasteiger partial charge in [0.1, 0.15) is 17.1 Å². The van der Waals surface area contributed by atoms with Gasteiger partial charge in [-0.25, -0.2) is 13.8 Å². The van der Waals surface area contributed by atoms with E-state index in [1.807, 2.05) is 24.3 Å². The molecule has 170 valence electrons. The van der Waals surface area contributed by atoms with Crippen LogP contribution in [0.3, 0.4) is 0 Å². The fraction of sp³-hybridized carbons (Fsp3) is 0.391. The second-order valence-electron chi connectivity index (χ2n) is 7.50. The Morgan fingerprint density at radius 2 is 2.12 bits per heavy atom. The van der Waals surface area contributed by atoms with Crippen molar-refractivity contribution >= 4 is 44.4 Å². The summed E-state index contributed by atoms with van der Waals surface area (Å²) in [7, 11) is 1.63. The Kier molecular flexibility index (Phi) is 7.59. The van der Waals surface area contributed by atoms with Crippen LogP contribution in [-0.2, 0) is 9.53 Å². The molecule has 0 bridgehead atoms. The molecule has 3 aromatic rings. The second-order valence-corrected chi connectivity index (χ2v) is 9.68. The van der Waals surface area contributed by atoms with Gasteiger partial charge < -0.3 is 9.47 Å². The summed E-state index contributed by atoms with van der Waals surface area (Å²) >= 11 is 2.80. The SMILES string of the molecule is COc1ccc(SCCCC(=O)N(CC2CCCO2)c2nc3c(F)cc(F)cc3s2)cc1. The predicted octanol–water partition coefficient (Wildman–Crippen LogP) is 5.67. The molecule has 1 aromatic heterocycles. The van der Waals surface area contributed by atoms with E-state index >= 15 is 0 Å². The maximum Gasteiger partial charge on any atom is 0.228 e. The van der Waals surface area contributed by atoms with Crippen molar-refractivity contribution in [1.29, 1.82) is 0 Å². The molecule has 1 aliphatic heterocycles. The molecule has 1 fully saturated rings. The number of hydrogen-bond acceptors (Lipinski definition) is 6. The number of anilines is 1. The fourth-order valence-electron chi connectivity index (χ4n) is 3.56. The minimum atomic E-state index is -0.720. The number of amides is 1. The number of fused-ring (bicyclic) bond motifs is 1. The monoisotopic (exact) mass is 478 g/mol. The smallest absolute Gasteiger partial charge is 0.228 e. The number of methoxy groups -OCH3 is 1. The Morgan fingerprint density at radius 1 is 1.31 bits per heavy atom. The van der Waals surface area contributed by atoms with Crippen LogP contribution < -0.4 is 9.64 Å². The molecular formula is C23H24F2N2O3S2. The summed E-state index contributed by atoms with van der Waals surface area (Å²) in [4.78, 5) is 20.1. The first-order valence-corrected chi connectivity index (χ1v) is 12.3. The van der Waals surface area contributed by atoms with Crippen molar-refractivity contribution in [2.24, 2.45) is 0 Å². The number of ether oxygens (including phenoxy) is 2. The molecule has 5 nitrogen and oxygen atoms in total. The van der Waals surface area contributed by atoms with Gasteiger partial charge in [-0.15, -0.1) is 11.8 Å². The summed E-state index contributed by atoms with van der Waals surface area (Å²) in [5, 5.41) is 0.382. The topological polar surface area (TPSA) is 51.7 Å². The molecule has 4 rings (SSSR count). The van der Waals surface area contributed by atoms with Crippen LogP contribution in [0.2, 0.25) is 0 Å². The molecule has 0 spiro atoms. The molecular weight excluding hydrogens is 454 g/mol. The van der Waals surface area contributed by atoms with Crippen molar-refractivity contribution in [2.45, 2.75) is 36.7 Å². The Labute approximate surface area is 193 Å². The fourth-order valence-corrected chi connectivity index (χ4v) is 5.44. The highest BCUT2D eigenvalue weighted by molar-refractivity contribution is 7.99. The minimum absolute atomic E-state index is 0.0683. The molecule has 32 heavy (non-hydrogen) atoms. The van der Waals surface area contributed by atoms with E-state index in [0.29, 0.717) is 35.8 Å². The molecule has 1 unspecified atom stereocenters. The number of hydrogen-bond donors (Lipinski definition) is 0. The quantitative estimate of drug-likeness (QED) is 0.293. The highest BCUT2D eigenvalue weighted by Gasteiger charge is 2.26. The van der Waals surface area contributed by atoms with Crippen LogP contribution in [0.15, 0.2) is 41.3 Å². The van der Waals surface area contributed by atoms with Crippen molar-refractivity contribution < 1.29 is 23.0 Å². The average molecular weight is 479 g/mol. The number of carbonyl (C=O) groups excluding carboxylic acids is 1. The average Bonchev–Trinajstić information content (AvgIpc) is 3.45. The van der Waals surface area contributed by atoms with Crippen molar-refractivity contribution in [2.75, 3.05) is 30.9 Å².